The normalized spacial score (nSPS) is 11.2. The van der Waals surface area contributed by atoms with Crippen molar-refractivity contribution in [3.8, 4) is 0 Å². The van der Waals surface area contributed by atoms with Crippen molar-refractivity contribution in [2.45, 2.75) is 70.6 Å². The molecule has 0 aliphatic carbocycles. The highest BCUT2D eigenvalue weighted by Crippen LogP contribution is 2.38. The van der Waals surface area contributed by atoms with Crippen LogP contribution in [0.2, 0.25) is 0 Å². The van der Waals surface area contributed by atoms with Crippen LogP contribution in [0.25, 0.3) is 0 Å². The zero-order valence-electron chi connectivity index (χ0n) is 13.4. The lowest BCUT2D eigenvalue weighted by molar-refractivity contribution is 0.260. The Bertz CT molecular complexity index is 228. The van der Waals surface area contributed by atoms with Crippen molar-refractivity contribution in [1.82, 2.24) is 0 Å². The van der Waals surface area contributed by atoms with Crippen LogP contribution < -0.4 is 5.73 Å². The summed E-state index contributed by atoms with van der Waals surface area (Å²) in [6.07, 6.45) is 19.8. The zero-order chi connectivity index (χ0) is 15.1. The summed E-state index contributed by atoms with van der Waals surface area (Å²) in [7, 11) is 0. The summed E-state index contributed by atoms with van der Waals surface area (Å²) < 4.78 is 0. The molecule has 0 bridgehead atoms. The number of unbranched alkanes of at least 4 members (excludes halogenated alkanes) is 6. The topological polar surface area (TPSA) is 26.0 Å². The van der Waals surface area contributed by atoms with Gasteiger partial charge in [0.25, 0.3) is 0 Å². The van der Waals surface area contributed by atoms with E-state index in [2.05, 4.69) is 38.0 Å². The van der Waals surface area contributed by atoms with Gasteiger partial charge in [-0.2, -0.15) is 0 Å². The van der Waals surface area contributed by atoms with E-state index in [4.69, 9.17) is 5.73 Å². The van der Waals surface area contributed by atoms with Crippen molar-refractivity contribution in [1.29, 1.82) is 0 Å². The van der Waals surface area contributed by atoms with E-state index in [9.17, 15) is 0 Å². The Hall–Kier alpha value is -0.820. The van der Waals surface area contributed by atoms with E-state index < -0.39 is 0 Å². The molecule has 0 unspecified atom stereocenters. The molecule has 0 saturated carbocycles. The third kappa shape index (κ3) is 9.14. The maximum Gasteiger partial charge on any atom is -0.00773 e. The first kappa shape index (κ1) is 19.2. The molecule has 0 amide bonds. The van der Waals surface area contributed by atoms with Crippen molar-refractivity contribution in [3.05, 3.63) is 38.0 Å². The highest BCUT2D eigenvalue weighted by molar-refractivity contribution is 4.95. The van der Waals surface area contributed by atoms with Gasteiger partial charge >= 0.3 is 0 Å². The SMILES string of the molecule is C=CCC(CC=C)(CC=C)CCCCCCCCCN. The Morgan fingerprint density at radius 1 is 0.650 bits per heavy atom. The van der Waals surface area contributed by atoms with Crippen LogP contribution >= 0.6 is 0 Å². The second kappa shape index (κ2) is 13.2. The second-order valence-electron chi connectivity index (χ2n) is 5.99. The minimum absolute atomic E-state index is 0.324. The minimum atomic E-state index is 0.324. The molecule has 0 rings (SSSR count). The molecular weight excluding hydrogens is 242 g/mol. The summed E-state index contributed by atoms with van der Waals surface area (Å²) in [6.45, 7) is 12.6. The van der Waals surface area contributed by atoms with Crippen LogP contribution in [0.15, 0.2) is 38.0 Å². The van der Waals surface area contributed by atoms with Gasteiger partial charge in [-0.05, 0) is 44.1 Å². The molecular formula is C19H35N. The number of nitrogens with two attached hydrogens (primary N) is 1. The molecule has 0 spiro atoms. The van der Waals surface area contributed by atoms with Crippen LogP contribution in [0, 0.1) is 5.41 Å². The Morgan fingerprint density at radius 2 is 1.05 bits per heavy atom. The summed E-state index contributed by atoms with van der Waals surface area (Å²) in [5, 5.41) is 0. The van der Waals surface area contributed by atoms with Gasteiger partial charge in [-0.25, -0.2) is 0 Å². The molecule has 0 radical (unpaired) electrons. The number of hydrogen-bond donors (Lipinski definition) is 1. The Labute approximate surface area is 127 Å². The van der Waals surface area contributed by atoms with Crippen LogP contribution in [0.5, 0.6) is 0 Å². The predicted octanol–water partition coefficient (Wildman–Crippen LogP) is 5.78. The fraction of sp³-hybridized carbons (Fsp3) is 0.684. The fourth-order valence-corrected chi connectivity index (χ4v) is 3.00. The van der Waals surface area contributed by atoms with Gasteiger partial charge in [-0.15, -0.1) is 19.7 Å². The van der Waals surface area contributed by atoms with Gasteiger partial charge in [0.15, 0.2) is 0 Å². The van der Waals surface area contributed by atoms with Gasteiger partial charge in [0, 0.05) is 0 Å². The zero-order valence-corrected chi connectivity index (χ0v) is 13.4. The third-order valence-corrected chi connectivity index (χ3v) is 4.14. The Balaban J connectivity index is 3.91. The van der Waals surface area contributed by atoms with Crippen molar-refractivity contribution >= 4 is 0 Å². The summed E-state index contributed by atoms with van der Waals surface area (Å²) in [4.78, 5) is 0. The van der Waals surface area contributed by atoms with Crippen LogP contribution in [0.1, 0.15) is 70.6 Å². The van der Waals surface area contributed by atoms with Gasteiger partial charge in [0.2, 0.25) is 0 Å². The van der Waals surface area contributed by atoms with Gasteiger partial charge in [0.05, 0.1) is 0 Å². The Morgan fingerprint density at radius 3 is 1.45 bits per heavy atom. The van der Waals surface area contributed by atoms with Gasteiger partial charge in [0.1, 0.15) is 0 Å². The van der Waals surface area contributed by atoms with E-state index in [0.29, 0.717) is 5.41 Å². The summed E-state index contributed by atoms with van der Waals surface area (Å²) in [5.41, 5.74) is 5.82. The molecule has 0 aromatic rings. The smallest absolute Gasteiger partial charge is 0.00773 e. The monoisotopic (exact) mass is 277 g/mol. The van der Waals surface area contributed by atoms with Crippen molar-refractivity contribution < 1.29 is 0 Å². The first-order chi connectivity index (χ1) is 9.74. The summed E-state index contributed by atoms with van der Waals surface area (Å²) in [6, 6.07) is 0. The van der Waals surface area contributed by atoms with Crippen molar-refractivity contribution in [2.24, 2.45) is 11.1 Å². The first-order valence-electron chi connectivity index (χ1n) is 8.27. The molecule has 0 aromatic heterocycles. The van der Waals surface area contributed by atoms with Crippen molar-refractivity contribution in [3.63, 3.8) is 0 Å². The molecule has 2 N–H and O–H groups in total. The molecule has 20 heavy (non-hydrogen) atoms. The van der Waals surface area contributed by atoms with Crippen LogP contribution in [0.4, 0.5) is 0 Å². The maximum absolute atomic E-state index is 5.50. The molecule has 0 saturated heterocycles. The average molecular weight is 277 g/mol. The molecule has 1 heteroatoms. The molecule has 0 aliphatic heterocycles. The lowest BCUT2D eigenvalue weighted by atomic mass is 9.74. The summed E-state index contributed by atoms with van der Waals surface area (Å²) in [5.74, 6) is 0. The molecule has 116 valence electrons. The van der Waals surface area contributed by atoms with E-state index in [0.717, 1.165) is 25.8 Å². The lowest BCUT2D eigenvalue weighted by Gasteiger charge is -2.31. The molecule has 0 atom stereocenters. The van der Waals surface area contributed by atoms with E-state index in [1.165, 1.54) is 51.4 Å². The highest BCUT2D eigenvalue weighted by Gasteiger charge is 2.25. The fourth-order valence-electron chi connectivity index (χ4n) is 3.00. The molecule has 0 aromatic carbocycles. The molecule has 0 fully saturated rings. The van der Waals surface area contributed by atoms with E-state index in [1.54, 1.807) is 0 Å². The van der Waals surface area contributed by atoms with Gasteiger partial charge in [-0.1, -0.05) is 56.8 Å². The average Bonchev–Trinajstić information content (AvgIpc) is 2.43. The standard InChI is InChI=1S/C19H35N/c1-4-14-19(15-5-2,16-6-3)17-12-10-8-7-9-11-13-18-20/h4-6H,1-3,7-18,20H2. The quantitative estimate of drug-likeness (QED) is 0.298. The second-order valence-corrected chi connectivity index (χ2v) is 5.99. The number of allylic oxidation sites excluding steroid dienone is 3. The van der Waals surface area contributed by atoms with Gasteiger partial charge < -0.3 is 5.73 Å². The van der Waals surface area contributed by atoms with Crippen LogP contribution in [0.3, 0.4) is 0 Å². The van der Waals surface area contributed by atoms with E-state index in [-0.39, 0.29) is 0 Å². The molecule has 1 nitrogen and oxygen atoms in total. The number of rotatable bonds is 15. The lowest BCUT2D eigenvalue weighted by Crippen LogP contribution is -2.18. The minimum Gasteiger partial charge on any atom is -0.330 e. The molecule has 0 aliphatic rings. The van der Waals surface area contributed by atoms with Crippen LogP contribution in [-0.4, -0.2) is 6.54 Å². The van der Waals surface area contributed by atoms with Gasteiger partial charge in [-0.3, -0.25) is 0 Å². The maximum atomic E-state index is 5.50. The van der Waals surface area contributed by atoms with Crippen molar-refractivity contribution in [2.75, 3.05) is 6.54 Å². The molecule has 0 heterocycles. The Kier molecular flexibility index (Phi) is 12.6. The third-order valence-electron chi connectivity index (χ3n) is 4.14. The first-order valence-corrected chi connectivity index (χ1v) is 8.27. The summed E-state index contributed by atoms with van der Waals surface area (Å²) >= 11 is 0. The van der Waals surface area contributed by atoms with E-state index in [1.807, 2.05) is 0 Å². The van der Waals surface area contributed by atoms with Crippen LogP contribution in [-0.2, 0) is 0 Å². The number of hydrogen-bond acceptors (Lipinski definition) is 1. The predicted molar refractivity (Wildman–Crippen MR) is 92.9 cm³/mol. The van der Waals surface area contributed by atoms with E-state index >= 15 is 0 Å². The highest BCUT2D eigenvalue weighted by atomic mass is 14.5. The largest absolute Gasteiger partial charge is 0.330 e.